The van der Waals surface area contributed by atoms with Crippen LogP contribution in [0.1, 0.15) is 29.1 Å². The summed E-state index contributed by atoms with van der Waals surface area (Å²) in [6, 6.07) is 10.4. The third kappa shape index (κ3) is 4.33. The summed E-state index contributed by atoms with van der Waals surface area (Å²) < 4.78 is 1.66. The highest BCUT2D eigenvalue weighted by Crippen LogP contribution is 2.24. The Kier molecular flexibility index (Phi) is 5.49. The smallest absolute Gasteiger partial charge is 0.270 e. The standard InChI is InChI=1S/C21H18ClN7O/c1-13(17-7-8-23-12-24-17)26-21(30)19-9-18(14-3-5-16(22)6-4-14)27-20(28-19)15-10-25-29(2)11-15/h3-13H,1-2H3,(H,26,30)/t13-/m0/s1. The molecule has 0 aliphatic carbocycles. The summed E-state index contributed by atoms with van der Waals surface area (Å²) in [5, 5.41) is 7.72. The fraction of sp³-hybridized carbons (Fsp3) is 0.143. The van der Waals surface area contributed by atoms with Gasteiger partial charge in [0.15, 0.2) is 5.82 Å². The highest BCUT2D eigenvalue weighted by Gasteiger charge is 2.18. The molecular formula is C21H18ClN7O. The molecule has 1 aromatic carbocycles. The molecule has 4 aromatic rings. The van der Waals surface area contributed by atoms with Crippen LogP contribution in [-0.2, 0) is 7.05 Å². The molecule has 4 rings (SSSR count). The van der Waals surface area contributed by atoms with Gasteiger partial charge in [0.1, 0.15) is 12.0 Å². The number of hydrogen-bond donors (Lipinski definition) is 1. The summed E-state index contributed by atoms with van der Waals surface area (Å²) in [7, 11) is 1.81. The molecule has 0 fully saturated rings. The van der Waals surface area contributed by atoms with Gasteiger partial charge in [-0.2, -0.15) is 5.10 Å². The number of aromatic nitrogens is 6. The second-order valence-electron chi connectivity index (χ2n) is 6.70. The van der Waals surface area contributed by atoms with Crippen molar-refractivity contribution in [1.29, 1.82) is 0 Å². The lowest BCUT2D eigenvalue weighted by atomic mass is 10.1. The monoisotopic (exact) mass is 419 g/mol. The van der Waals surface area contributed by atoms with Crippen molar-refractivity contribution in [3.8, 4) is 22.6 Å². The van der Waals surface area contributed by atoms with Crippen LogP contribution < -0.4 is 5.32 Å². The van der Waals surface area contributed by atoms with E-state index in [1.54, 1.807) is 47.5 Å². The van der Waals surface area contributed by atoms with Crippen LogP contribution in [0.4, 0.5) is 0 Å². The van der Waals surface area contributed by atoms with Crippen molar-refractivity contribution in [2.75, 3.05) is 0 Å². The van der Waals surface area contributed by atoms with E-state index in [9.17, 15) is 4.79 Å². The van der Waals surface area contributed by atoms with Gasteiger partial charge in [-0.1, -0.05) is 23.7 Å². The van der Waals surface area contributed by atoms with Gasteiger partial charge in [-0.25, -0.2) is 19.9 Å². The molecule has 9 heteroatoms. The quantitative estimate of drug-likeness (QED) is 0.531. The van der Waals surface area contributed by atoms with E-state index in [4.69, 9.17) is 11.6 Å². The fourth-order valence-electron chi connectivity index (χ4n) is 2.90. The van der Waals surface area contributed by atoms with Crippen LogP contribution in [0, 0.1) is 0 Å². The Morgan fingerprint density at radius 2 is 1.93 bits per heavy atom. The molecule has 0 saturated carbocycles. The molecule has 1 atom stereocenters. The maximum atomic E-state index is 13.0. The SMILES string of the molecule is C[C@H](NC(=O)c1cc(-c2ccc(Cl)cc2)nc(-c2cnn(C)c2)n1)c1ccncn1. The molecule has 1 N–H and O–H groups in total. The van der Waals surface area contributed by atoms with Crippen molar-refractivity contribution in [1.82, 2.24) is 35.0 Å². The summed E-state index contributed by atoms with van der Waals surface area (Å²) >= 11 is 6.01. The van der Waals surface area contributed by atoms with Crippen molar-refractivity contribution >= 4 is 17.5 Å². The van der Waals surface area contributed by atoms with Gasteiger partial charge in [0.25, 0.3) is 5.91 Å². The summed E-state index contributed by atoms with van der Waals surface area (Å²) in [6.07, 6.45) is 6.54. The number of halogens is 1. The Hall–Kier alpha value is -3.65. The van der Waals surface area contributed by atoms with E-state index in [1.807, 2.05) is 26.1 Å². The lowest BCUT2D eigenvalue weighted by Gasteiger charge is -2.13. The highest BCUT2D eigenvalue weighted by atomic mass is 35.5. The van der Waals surface area contributed by atoms with Gasteiger partial charge in [-0.15, -0.1) is 0 Å². The first-order chi connectivity index (χ1) is 14.5. The van der Waals surface area contributed by atoms with Gasteiger partial charge in [0.2, 0.25) is 0 Å². The number of benzene rings is 1. The van der Waals surface area contributed by atoms with Gasteiger partial charge in [-0.3, -0.25) is 9.48 Å². The first-order valence-corrected chi connectivity index (χ1v) is 9.58. The second-order valence-corrected chi connectivity index (χ2v) is 7.14. The summed E-state index contributed by atoms with van der Waals surface area (Å²) in [5.41, 5.74) is 3.10. The summed E-state index contributed by atoms with van der Waals surface area (Å²) in [4.78, 5) is 30.2. The Morgan fingerprint density at radius 3 is 2.60 bits per heavy atom. The molecule has 8 nitrogen and oxygen atoms in total. The predicted octanol–water partition coefficient (Wildman–Crippen LogP) is 3.48. The van der Waals surface area contributed by atoms with E-state index in [2.05, 4.69) is 30.4 Å². The van der Waals surface area contributed by atoms with Crippen LogP contribution >= 0.6 is 11.6 Å². The second kappa shape index (κ2) is 8.38. The normalized spacial score (nSPS) is 11.8. The van der Waals surface area contributed by atoms with Crippen molar-refractivity contribution in [2.24, 2.45) is 7.05 Å². The molecule has 0 aliphatic rings. The molecule has 0 unspecified atom stereocenters. The first kappa shape index (κ1) is 19.7. The number of carbonyl (C=O) groups is 1. The van der Waals surface area contributed by atoms with Crippen molar-refractivity contribution in [3.63, 3.8) is 0 Å². The molecule has 3 aromatic heterocycles. The largest absolute Gasteiger partial charge is 0.343 e. The van der Waals surface area contributed by atoms with E-state index in [-0.39, 0.29) is 17.6 Å². The lowest BCUT2D eigenvalue weighted by Crippen LogP contribution is -2.28. The molecule has 0 radical (unpaired) electrons. The van der Waals surface area contributed by atoms with Gasteiger partial charge in [0, 0.05) is 30.0 Å². The number of nitrogens with zero attached hydrogens (tertiary/aromatic N) is 6. The number of hydrogen-bond acceptors (Lipinski definition) is 6. The highest BCUT2D eigenvalue weighted by molar-refractivity contribution is 6.30. The third-order valence-electron chi connectivity index (χ3n) is 4.46. The predicted molar refractivity (Wildman–Crippen MR) is 113 cm³/mol. The zero-order valence-electron chi connectivity index (χ0n) is 16.3. The van der Waals surface area contributed by atoms with Crippen LogP contribution in [-0.4, -0.2) is 35.6 Å². The molecule has 150 valence electrons. The van der Waals surface area contributed by atoms with Crippen molar-refractivity contribution < 1.29 is 4.79 Å². The van der Waals surface area contributed by atoms with Crippen molar-refractivity contribution in [2.45, 2.75) is 13.0 Å². The zero-order valence-corrected chi connectivity index (χ0v) is 17.1. The topological polar surface area (TPSA) is 98.5 Å². The molecule has 3 heterocycles. The molecule has 1 amide bonds. The molecule has 0 spiro atoms. The zero-order chi connectivity index (χ0) is 21.1. The average Bonchev–Trinajstić information content (AvgIpc) is 3.21. The maximum Gasteiger partial charge on any atom is 0.270 e. The molecule has 30 heavy (non-hydrogen) atoms. The molecule has 0 aliphatic heterocycles. The van der Waals surface area contributed by atoms with Gasteiger partial charge < -0.3 is 5.32 Å². The number of nitrogens with one attached hydrogen (secondary N) is 1. The summed E-state index contributed by atoms with van der Waals surface area (Å²) in [5.74, 6) is 0.0826. The van der Waals surface area contributed by atoms with Gasteiger partial charge in [-0.05, 0) is 31.2 Å². The minimum Gasteiger partial charge on any atom is -0.343 e. The third-order valence-corrected chi connectivity index (χ3v) is 4.71. The minimum atomic E-state index is -0.330. The average molecular weight is 420 g/mol. The number of carbonyl (C=O) groups excluding carboxylic acids is 1. The van der Waals surface area contributed by atoms with Gasteiger partial charge in [0.05, 0.1) is 29.2 Å². The molecule has 0 saturated heterocycles. The Balaban J connectivity index is 1.71. The van der Waals surface area contributed by atoms with E-state index < -0.39 is 0 Å². The minimum absolute atomic E-state index is 0.245. The van der Waals surface area contributed by atoms with E-state index in [1.165, 1.54) is 6.33 Å². The first-order valence-electron chi connectivity index (χ1n) is 9.20. The molecular weight excluding hydrogens is 402 g/mol. The van der Waals surface area contributed by atoms with Crippen LogP contribution in [0.2, 0.25) is 5.02 Å². The summed E-state index contributed by atoms with van der Waals surface area (Å²) in [6.45, 7) is 1.85. The maximum absolute atomic E-state index is 13.0. The van der Waals surface area contributed by atoms with Crippen LogP contribution in [0.15, 0.2) is 61.3 Å². The van der Waals surface area contributed by atoms with E-state index in [0.717, 1.165) is 5.56 Å². The number of aryl methyl sites for hydroxylation is 1. The van der Waals surface area contributed by atoms with E-state index in [0.29, 0.717) is 27.8 Å². The Morgan fingerprint density at radius 1 is 1.13 bits per heavy atom. The van der Waals surface area contributed by atoms with Crippen molar-refractivity contribution in [3.05, 3.63) is 77.7 Å². The van der Waals surface area contributed by atoms with Gasteiger partial charge >= 0.3 is 0 Å². The fourth-order valence-corrected chi connectivity index (χ4v) is 3.03. The van der Waals surface area contributed by atoms with Crippen LogP contribution in [0.5, 0.6) is 0 Å². The number of amides is 1. The number of rotatable bonds is 5. The Bertz CT molecular complexity index is 1180. The van der Waals surface area contributed by atoms with Crippen LogP contribution in [0.25, 0.3) is 22.6 Å². The Labute approximate surface area is 178 Å². The van der Waals surface area contributed by atoms with Crippen LogP contribution in [0.3, 0.4) is 0 Å². The lowest BCUT2D eigenvalue weighted by molar-refractivity contribution is 0.0934. The molecule has 0 bridgehead atoms. The van der Waals surface area contributed by atoms with E-state index >= 15 is 0 Å².